The highest BCUT2D eigenvalue weighted by Gasteiger charge is 2.26. The van der Waals surface area contributed by atoms with Crippen molar-refractivity contribution in [2.75, 3.05) is 19.6 Å². The van der Waals surface area contributed by atoms with E-state index in [9.17, 15) is 4.79 Å². The highest BCUT2D eigenvalue weighted by atomic mass is 16.5. The largest absolute Gasteiger partial charge is 0.457 e. The molecule has 5 nitrogen and oxygen atoms in total. The fraction of sp³-hybridized carbons (Fsp3) is 0.310. The predicted octanol–water partition coefficient (Wildman–Crippen LogP) is 4.91. The number of amides is 1. The van der Waals surface area contributed by atoms with Gasteiger partial charge in [0.1, 0.15) is 11.5 Å². The van der Waals surface area contributed by atoms with Crippen LogP contribution in [0.4, 0.5) is 0 Å². The minimum absolute atomic E-state index is 0.169. The number of nitrogens with zero attached hydrogens (tertiary/aromatic N) is 2. The minimum Gasteiger partial charge on any atom is -0.457 e. The van der Waals surface area contributed by atoms with E-state index in [0.717, 1.165) is 48.7 Å². The molecule has 1 saturated heterocycles. The van der Waals surface area contributed by atoms with Crippen molar-refractivity contribution in [1.29, 1.82) is 5.26 Å². The summed E-state index contributed by atoms with van der Waals surface area (Å²) in [5.74, 6) is 1.72. The summed E-state index contributed by atoms with van der Waals surface area (Å²) in [6, 6.07) is 28.5. The second-order valence-corrected chi connectivity index (χ2v) is 8.61. The molecule has 1 amide bonds. The Hall–Kier alpha value is -3.62. The van der Waals surface area contributed by atoms with Gasteiger partial charge in [0.15, 0.2) is 0 Å². The van der Waals surface area contributed by atoms with Crippen LogP contribution in [0.3, 0.4) is 0 Å². The molecule has 0 bridgehead atoms. The normalized spacial score (nSPS) is 15.5. The van der Waals surface area contributed by atoms with E-state index in [1.165, 1.54) is 5.56 Å². The van der Waals surface area contributed by atoms with Crippen molar-refractivity contribution in [3.05, 3.63) is 95.6 Å². The van der Waals surface area contributed by atoms with Crippen molar-refractivity contribution in [2.45, 2.75) is 38.1 Å². The van der Waals surface area contributed by atoms with Crippen molar-refractivity contribution in [3.63, 3.8) is 0 Å². The van der Waals surface area contributed by atoms with E-state index in [2.05, 4.69) is 23.5 Å². The molecule has 1 atom stereocenters. The van der Waals surface area contributed by atoms with Crippen LogP contribution in [-0.2, 0) is 24.1 Å². The summed E-state index contributed by atoms with van der Waals surface area (Å²) in [6.07, 6.45) is 3.03. The maximum atomic E-state index is 13.2. The number of nitrogens with one attached hydrogen (secondary N) is 1. The molecule has 1 fully saturated rings. The third-order valence-corrected chi connectivity index (χ3v) is 6.26. The Morgan fingerprint density at radius 2 is 1.59 bits per heavy atom. The molecule has 3 aromatic rings. The van der Waals surface area contributed by atoms with Gasteiger partial charge in [0.2, 0.25) is 5.91 Å². The number of hydrogen-bond donors (Lipinski definition) is 1. The van der Waals surface area contributed by atoms with Crippen LogP contribution in [0.15, 0.2) is 78.9 Å². The number of benzene rings is 3. The van der Waals surface area contributed by atoms with Gasteiger partial charge in [0.05, 0.1) is 6.07 Å². The van der Waals surface area contributed by atoms with Gasteiger partial charge in [-0.15, -0.1) is 0 Å². The zero-order valence-electron chi connectivity index (χ0n) is 19.5. The zero-order chi connectivity index (χ0) is 23.6. The molecule has 3 aromatic carbocycles. The van der Waals surface area contributed by atoms with Gasteiger partial charge in [-0.3, -0.25) is 4.79 Å². The molecule has 1 aliphatic rings. The number of piperazine rings is 1. The number of aryl methyl sites for hydroxylation is 2. The molecule has 5 heteroatoms. The third kappa shape index (κ3) is 6.24. The molecule has 0 aliphatic carbocycles. The number of hydrogen-bond acceptors (Lipinski definition) is 4. The molecule has 0 spiro atoms. The molecule has 0 radical (unpaired) electrons. The summed E-state index contributed by atoms with van der Waals surface area (Å²) < 4.78 is 6.27. The summed E-state index contributed by atoms with van der Waals surface area (Å²) in [7, 11) is 0. The first-order chi connectivity index (χ1) is 16.7. The number of carbonyl (C=O) groups excluding carboxylic acids is 1. The Kier molecular flexibility index (Phi) is 8.32. The lowest BCUT2D eigenvalue weighted by atomic mass is 10.0. The Balaban J connectivity index is 1.42. The Bertz CT molecular complexity index is 1120. The second-order valence-electron chi connectivity index (χ2n) is 8.61. The second kappa shape index (κ2) is 12.0. The lowest BCUT2D eigenvalue weighted by molar-refractivity contribution is -0.134. The van der Waals surface area contributed by atoms with Crippen LogP contribution in [-0.4, -0.2) is 36.5 Å². The van der Waals surface area contributed by atoms with Gasteiger partial charge in [-0.2, -0.15) is 5.26 Å². The van der Waals surface area contributed by atoms with Gasteiger partial charge in [-0.05, 0) is 48.1 Å². The maximum absolute atomic E-state index is 13.2. The highest BCUT2D eigenvalue weighted by Crippen LogP contribution is 2.29. The number of para-hydroxylation sites is 2. The molecule has 0 aromatic heterocycles. The van der Waals surface area contributed by atoms with Crippen LogP contribution < -0.4 is 10.1 Å². The molecular formula is C29H31N3O2. The van der Waals surface area contributed by atoms with Crippen LogP contribution in [0.2, 0.25) is 0 Å². The van der Waals surface area contributed by atoms with Crippen LogP contribution >= 0.6 is 0 Å². The number of carbonyl (C=O) groups is 1. The quantitative estimate of drug-likeness (QED) is 0.500. The van der Waals surface area contributed by atoms with Gasteiger partial charge in [0, 0.05) is 38.5 Å². The van der Waals surface area contributed by atoms with Gasteiger partial charge in [-0.1, -0.05) is 66.7 Å². The molecule has 1 N–H and O–H groups in total. The first-order valence-corrected chi connectivity index (χ1v) is 12.0. The maximum Gasteiger partial charge on any atom is 0.223 e. The SMILES string of the molecule is N#CCCc1ccccc1Oc1ccccc1CCC(=O)N1CCNC[C@H]1Cc1ccccc1. The Labute approximate surface area is 202 Å². The summed E-state index contributed by atoms with van der Waals surface area (Å²) in [4.78, 5) is 15.3. The third-order valence-electron chi connectivity index (χ3n) is 6.26. The van der Waals surface area contributed by atoms with Gasteiger partial charge in [-0.25, -0.2) is 0 Å². The van der Waals surface area contributed by atoms with Crippen molar-refractivity contribution in [1.82, 2.24) is 10.2 Å². The van der Waals surface area contributed by atoms with E-state index < -0.39 is 0 Å². The summed E-state index contributed by atoms with van der Waals surface area (Å²) in [5.41, 5.74) is 3.28. The average Bonchev–Trinajstić information content (AvgIpc) is 2.88. The molecule has 174 valence electrons. The van der Waals surface area contributed by atoms with Crippen LogP contribution in [0.5, 0.6) is 11.5 Å². The highest BCUT2D eigenvalue weighted by molar-refractivity contribution is 5.77. The molecule has 1 aliphatic heterocycles. The van der Waals surface area contributed by atoms with E-state index in [1.54, 1.807) is 0 Å². The summed E-state index contributed by atoms with van der Waals surface area (Å²) in [6.45, 7) is 2.39. The molecule has 1 heterocycles. The summed E-state index contributed by atoms with van der Waals surface area (Å²) >= 11 is 0. The fourth-order valence-corrected chi connectivity index (χ4v) is 4.47. The lowest BCUT2D eigenvalue weighted by Crippen LogP contribution is -2.54. The monoisotopic (exact) mass is 453 g/mol. The van der Waals surface area contributed by atoms with Crippen LogP contribution in [0.1, 0.15) is 29.5 Å². The summed E-state index contributed by atoms with van der Waals surface area (Å²) in [5, 5.41) is 12.4. The molecule has 0 unspecified atom stereocenters. The van der Waals surface area contributed by atoms with E-state index in [0.29, 0.717) is 25.7 Å². The Morgan fingerprint density at radius 1 is 0.941 bits per heavy atom. The first-order valence-electron chi connectivity index (χ1n) is 12.0. The van der Waals surface area contributed by atoms with Crippen molar-refractivity contribution >= 4 is 5.91 Å². The number of nitriles is 1. The van der Waals surface area contributed by atoms with Crippen molar-refractivity contribution < 1.29 is 9.53 Å². The van der Waals surface area contributed by atoms with E-state index in [-0.39, 0.29) is 11.9 Å². The predicted molar refractivity (Wildman–Crippen MR) is 134 cm³/mol. The molecule has 34 heavy (non-hydrogen) atoms. The lowest BCUT2D eigenvalue weighted by Gasteiger charge is -2.36. The van der Waals surface area contributed by atoms with Gasteiger partial charge >= 0.3 is 0 Å². The van der Waals surface area contributed by atoms with E-state index >= 15 is 0 Å². The number of rotatable bonds is 9. The van der Waals surface area contributed by atoms with Gasteiger partial charge in [0.25, 0.3) is 0 Å². The molecule has 4 rings (SSSR count). The molecule has 0 saturated carbocycles. The fourth-order valence-electron chi connectivity index (χ4n) is 4.47. The van der Waals surface area contributed by atoms with E-state index in [1.807, 2.05) is 71.6 Å². The van der Waals surface area contributed by atoms with Crippen LogP contribution in [0.25, 0.3) is 0 Å². The topological polar surface area (TPSA) is 65.4 Å². The minimum atomic E-state index is 0.169. The van der Waals surface area contributed by atoms with Crippen molar-refractivity contribution in [3.8, 4) is 17.6 Å². The zero-order valence-corrected chi connectivity index (χ0v) is 19.5. The standard InChI is InChI=1S/C29H31N3O2/c30-18-8-13-24-11-4-6-14-27(24)34-28-15-7-5-12-25(28)16-17-29(33)32-20-19-31-22-26(32)21-23-9-2-1-3-10-23/h1-7,9-12,14-15,26,31H,8,13,16-17,19-22H2/t26-/m1/s1. The van der Waals surface area contributed by atoms with Gasteiger partial charge < -0.3 is 15.0 Å². The Morgan fingerprint density at radius 3 is 2.29 bits per heavy atom. The van der Waals surface area contributed by atoms with Crippen LogP contribution in [0, 0.1) is 11.3 Å². The average molecular weight is 454 g/mol. The molecular weight excluding hydrogens is 422 g/mol. The van der Waals surface area contributed by atoms with E-state index in [4.69, 9.17) is 10.00 Å². The van der Waals surface area contributed by atoms with Crippen molar-refractivity contribution in [2.24, 2.45) is 0 Å². The first kappa shape index (κ1) is 23.5. The number of ether oxygens (including phenoxy) is 1. The smallest absolute Gasteiger partial charge is 0.223 e.